The van der Waals surface area contributed by atoms with Gasteiger partial charge in [0.15, 0.2) is 0 Å². The van der Waals surface area contributed by atoms with E-state index in [0.29, 0.717) is 6.10 Å². The summed E-state index contributed by atoms with van der Waals surface area (Å²) in [5.41, 5.74) is 2.40. The summed E-state index contributed by atoms with van der Waals surface area (Å²) in [7, 11) is 0. The first-order valence-corrected chi connectivity index (χ1v) is 6.57. The second-order valence-electron chi connectivity index (χ2n) is 5.08. The van der Waals surface area contributed by atoms with Crippen LogP contribution in [0.15, 0.2) is 24.3 Å². The lowest BCUT2D eigenvalue weighted by Crippen LogP contribution is -2.19. The Morgan fingerprint density at radius 2 is 1.94 bits per heavy atom. The van der Waals surface area contributed by atoms with Crippen molar-refractivity contribution in [3.05, 3.63) is 30.0 Å². The lowest BCUT2D eigenvalue weighted by molar-refractivity contribution is 0.155. The Morgan fingerprint density at radius 3 is 2.76 bits per heavy atom. The number of ether oxygens (including phenoxy) is 1. The van der Waals surface area contributed by atoms with Crippen molar-refractivity contribution in [2.24, 2.45) is 0 Å². The molecular weight excluding hydrogens is 210 g/mol. The van der Waals surface area contributed by atoms with Crippen LogP contribution in [0.2, 0.25) is 0 Å². The van der Waals surface area contributed by atoms with E-state index in [4.69, 9.17) is 4.74 Å². The number of H-pyrrole nitrogens is 1. The Balaban J connectivity index is 1.79. The molecule has 0 radical (unpaired) electrons. The van der Waals surface area contributed by atoms with E-state index in [-0.39, 0.29) is 0 Å². The molecule has 0 bridgehead atoms. The Bertz CT molecular complexity index is 509. The highest BCUT2D eigenvalue weighted by atomic mass is 16.5. The first-order valence-electron chi connectivity index (χ1n) is 6.57. The van der Waals surface area contributed by atoms with E-state index < -0.39 is 0 Å². The minimum atomic E-state index is 0.432. The molecule has 1 heterocycles. The van der Waals surface area contributed by atoms with Crippen molar-refractivity contribution in [1.29, 1.82) is 0 Å². The molecule has 0 amide bonds. The number of rotatable bonds is 2. The fourth-order valence-corrected chi connectivity index (χ4v) is 2.70. The molecule has 1 fully saturated rings. The zero-order chi connectivity index (χ0) is 11.7. The first kappa shape index (κ1) is 10.7. The van der Waals surface area contributed by atoms with Crippen LogP contribution in [-0.2, 0) is 0 Å². The SMILES string of the molecule is Cc1cc2cc(OC3CCCCC3)ccc2[nH]1. The Morgan fingerprint density at radius 1 is 1.12 bits per heavy atom. The lowest BCUT2D eigenvalue weighted by atomic mass is 9.98. The maximum atomic E-state index is 6.06. The summed E-state index contributed by atoms with van der Waals surface area (Å²) < 4.78 is 6.06. The molecule has 1 aliphatic rings. The highest BCUT2D eigenvalue weighted by Gasteiger charge is 2.14. The summed E-state index contributed by atoms with van der Waals surface area (Å²) in [5, 5.41) is 1.25. The Kier molecular flexibility index (Phi) is 2.79. The molecule has 0 unspecified atom stereocenters. The zero-order valence-corrected chi connectivity index (χ0v) is 10.3. The molecule has 1 aromatic heterocycles. The highest BCUT2D eigenvalue weighted by Crippen LogP contribution is 2.26. The second-order valence-corrected chi connectivity index (χ2v) is 5.08. The molecule has 1 aliphatic carbocycles. The average molecular weight is 229 g/mol. The first-order chi connectivity index (χ1) is 8.31. The number of aromatic nitrogens is 1. The highest BCUT2D eigenvalue weighted by molar-refractivity contribution is 5.81. The normalized spacial score (nSPS) is 17.5. The number of hydrogen-bond donors (Lipinski definition) is 1. The van der Waals surface area contributed by atoms with E-state index in [1.807, 2.05) is 0 Å². The van der Waals surface area contributed by atoms with Gasteiger partial charge in [-0.3, -0.25) is 0 Å². The van der Waals surface area contributed by atoms with Crippen molar-refractivity contribution < 1.29 is 4.74 Å². The van der Waals surface area contributed by atoms with Gasteiger partial charge in [-0.05, 0) is 56.9 Å². The molecule has 0 aliphatic heterocycles. The number of hydrogen-bond acceptors (Lipinski definition) is 1. The van der Waals surface area contributed by atoms with Crippen LogP contribution in [-0.4, -0.2) is 11.1 Å². The molecular formula is C15H19NO. The van der Waals surface area contributed by atoms with E-state index in [2.05, 4.69) is 36.2 Å². The third kappa shape index (κ3) is 2.31. The van der Waals surface area contributed by atoms with Gasteiger partial charge in [0.05, 0.1) is 6.10 Å². The van der Waals surface area contributed by atoms with Crippen molar-refractivity contribution in [3.63, 3.8) is 0 Å². The van der Waals surface area contributed by atoms with Crippen LogP contribution in [0.4, 0.5) is 0 Å². The number of nitrogens with one attached hydrogen (secondary N) is 1. The summed E-state index contributed by atoms with van der Waals surface area (Å²) in [6, 6.07) is 8.50. The molecule has 3 rings (SSSR count). The van der Waals surface area contributed by atoms with Gasteiger partial charge in [0, 0.05) is 16.6 Å². The van der Waals surface area contributed by atoms with Gasteiger partial charge >= 0.3 is 0 Å². The Hall–Kier alpha value is -1.44. The van der Waals surface area contributed by atoms with Gasteiger partial charge in [-0.1, -0.05) is 6.42 Å². The minimum absolute atomic E-state index is 0.432. The zero-order valence-electron chi connectivity index (χ0n) is 10.3. The van der Waals surface area contributed by atoms with Gasteiger partial charge in [0.1, 0.15) is 5.75 Å². The number of benzene rings is 1. The quantitative estimate of drug-likeness (QED) is 0.820. The van der Waals surface area contributed by atoms with Crippen LogP contribution < -0.4 is 4.74 Å². The molecule has 1 saturated carbocycles. The summed E-state index contributed by atoms with van der Waals surface area (Å²) in [5.74, 6) is 1.02. The van der Waals surface area contributed by atoms with Crippen LogP contribution in [0.3, 0.4) is 0 Å². The largest absolute Gasteiger partial charge is 0.490 e. The van der Waals surface area contributed by atoms with Gasteiger partial charge in [-0.25, -0.2) is 0 Å². The minimum Gasteiger partial charge on any atom is -0.490 e. The molecule has 0 saturated heterocycles. The summed E-state index contributed by atoms with van der Waals surface area (Å²) in [4.78, 5) is 3.33. The van der Waals surface area contributed by atoms with Crippen LogP contribution in [0.5, 0.6) is 5.75 Å². The van der Waals surface area contributed by atoms with E-state index in [1.165, 1.54) is 48.7 Å². The standard InChI is InChI=1S/C15H19NO/c1-11-9-12-10-14(7-8-15(12)16-11)17-13-5-3-2-4-6-13/h7-10,13,16H,2-6H2,1H3. The molecule has 0 spiro atoms. The van der Waals surface area contributed by atoms with E-state index in [0.717, 1.165) is 5.75 Å². The molecule has 2 nitrogen and oxygen atoms in total. The third-order valence-corrected chi connectivity index (χ3v) is 3.58. The van der Waals surface area contributed by atoms with Crippen molar-refractivity contribution in [2.45, 2.75) is 45.1 Å². The average Bonchev–Trinajstić information content (AvgIpc) is 2.70. The molecule has 17 heavy (non-hydrogen) atoms. The summed E-state index contributed by atoms with van der Waals surface area (Å²) in [6.45, 7) is 2.08. The van der Waals surface area contributed by atoms with E-state index in [1.54, 1.807) is 0 Å². The van der Waals surface area contributed by atoms with Crippen LogP contribution >= 0.6 is 0 Å². The molecule has 2 aromatic rings. The maximum Gasteiger partial charge on any atom is 0.120 e. The molecule has 1 N–H and O–H groups in total. The van der Waals surface area contributed by atoms with Crippen molar-refractivity contribution in [3.8, 4) is 5.75 Å². The number of fused-ring (bicyclic) bond motifs is 1. The van der Waals surface area contributed by atoms with Crippen molar-refractivity contribution in [2.75, 3.05) is 0 Å². The van der Waals surface area contributed by atoms with Gasteiger partial charge in [-0.15, -0.1) is 0 Å². The van der Waals surface area contributed by atoms with Gasteiger partial charge in [0.25, 0.3) is 0 Å². The second kappa shape index (κ2) is 4.44. The predicted octanol–water partition coefficient (Wildman–Crippen LogP) is 4.19. The molecule has 90 valence electrons. The molecule has 2 heteroatoms. The predicted molar refractivity (Wildman–Crippen MR) is 70.5 cm³/mol. The Labute approximate surface area is 102 Å². The molecule has 1 aromatic carbocycles. The van der Waals surface area contributed by atoms with Crippen molar-refractivity contribution in [1.82, 2.24) is 4.98 Å². The van der Waals surface area contributed by atoms with Gasteiger partial charge in [0.2, 0.25) is 0 Å². The topological polar surface area (TPSA) is 25.0 Å². The summed E-state index contributed by atoms with van der Waals surface area (Å²) in [6.07, 6.45) is 6.86. The van der Waals surface area contributed by atoms with Crippen LogP contribution in [0.1, 0.15) is 37.8 Å². The van der Waals surface area contributed by atoms with Gasteiger partial charge < -0.3 is 9.72 Å². The fourth-order valence-electron chi connectivity index (χ4n) is 2.70. The van der Waals surface area contributed by atoms with Gasteiger partial charge in [-0.2, -0.15) is 0 Å². The fraction of sp³-hybridized carbons (Fsp3) is 0.467. The van der Waals surface area contributed by atoms with E-state index in [9.17, 15) is 0 Å². The monoisotopic (exact) mass is 229 g/mol. The third-order valence-electron chi connectivity index (χ3n) is 3.58. The lowest BCUT2D eigenvalue weighted by Gasteiger charge is -2.22. The maximum absolute atomic E-state index is 6.06. The summed E-state index contributed by atoms with van der Waals surface area (Å²) >= 11 is 0. The smallest absolute Gasteiger partial charge is 0.120 e. The van der Waals surface area contributed by atoms with Crippen LogP contribution in [0, 0.1) is 6.92 Å². The van der Waals surface area contributed by atoms with Crippen LogP contribution in [0.25, 0.3) is 10.9 Å². The van der Waals surface area contributed by atoms with Crippen molar-refractivity contribution >= 4 is 10.9 Å². The number of aromatic amines is 1. The molecule has 0 atom stereocenters. The van der Waals surface area contributed by atoms with E-state index >= 15 is 0 Å². The number of aryl methyl sites for hydroxylation is 1.